The average molecular weight is 449 g/mol. The predicted molar refractivity (Wildman–Crippen MR) is 123 cm³/mol. The zero-order valence-electron chi connectivity index (χ0n) is 19.8. The fraction of sp³-hybridized carbons (Fsp3) is 0.720. The van der Waals surface area contributed by atoms with Crippen molar-refractivity contribution < 1.29 is 24.1 Å². The number of rotatable bonds is 7. The first-order chi connectivity index (χ1) is 15.2. The largest absolute Gasteiger partial charge is 0.444 e. The van der Waals surface area contributed by atoms with Crippen molar-refractivity contribution in [2.45, 2.75) is 95.3 Å². The molecule has 0 bridgehead atoms. The summed E-state index contributed by atoms with van der Waals surface area (Å²) in [6, 6.07) is 9.81. The van der Waals surface area contributed by atoms with Crippen molar-refractivity contribution in [2.75, 3.05) is 19.8 Å². The van der Waals surface area contributed by atoms with Gasteiger partial charge >= 0.3 is 6.09 Å². The van der Waals surface area contributed by atoms with Gasteiger partial charge in [-0.25, -0.2) is 4.79 Å². The first-order valence-electron chi connectivity index (χ1n) is 11.9. The van der Waals surface area contributed by atoms with Gasteiger partial charge in [-0.1, -0.05) is 30.3 Å². The fourth-order valence-electron chi connectivity index (χ4n) is 4.57. The Balaban J connectivity index is 1.51. The smallest absolute Gasteiger partial charge is 0.410 e. The van der Waals surface area contributed by atoms with Gasteiger partial charge in [0.1, 0.15) is 5.60 Å². The first kappa shape index (κ1) is 25.0. The number of hydrogen-bond donors (Lipinski definition) is 2. The summed E-state index contributed by atoms with van der Waals surface area (Å²) in [5, 5.41) is 10.0. The third-order valence-corrected chi connectivity index (χ3v) is 6.44. The fourth-order valence-corrected chi connectivity index (χ4v) is 4.57. The maximum atomic E-state index is 12.8. The molecule has 2 atom stereocenters. The molecule has 7 nitrogen and oxygen atoms in total. The van der Waals surface area contributed by atoms with E-state index in [-0.39, 0.29) is 18.8 Å². The van der Waals surface area contributed by atoms with E-state index < -0.39 is 23.3 Å². The van der Waals surface area contributed by atoms with Gasteiger partial charge < -0.3 is 30.0 Å². The van der Waals surface area contributed by atoms with Crippen LogP contribution in [-0.4, -0.2) is 65.2 Å². The topological polar surface area (TPSA) is 94.3 Å². The minimum atomic E-state index is -0.884. The molecule has 1 aliphatic heterocycles. The van der Waals surface area contributed by atoms with Crippen LogP contribution in [0.25, 0.3) is 0 Å². The number of piperidine rings is 1. The highest BCUT2D eigenvalue weighted by molar-refractivity contribution is 5.69. The lowest BCUT2D eigenvalue weighted by molar-refractivity contribution is -0.0753. The number of aliphatic hydroxyl groups excluding tert-OH is 1. The van der Waals surface area contributed by atoms with Gasteiger partial charge in [-0.3, -0.25) is 0 Å². The number of nitrogens with zero attached hydrogens (tertiary/aromatic N) is 1. The van der Waals surface area contributed by atoms with Crippen LogP contribution in [0.4, 0.5) is 4.79 Å². The average Bonchev–Trinajstić information content (AvgIpc) is 2.77. The zero-order valence-corrected chi connectivity index (χ0v) is 19.8. The van der Waals surface area contributed by atoms with Crippen LogP contribution in [0.5, 0.6) is 0 Å². The van der Waals surface area contributed by atoms with Crippen molar-refractivity contribution >= 4 is 6.09 Å². The van der Waals surface area contributed by atoms with Gasteiger partial charge in [0.25, 0.3) is 0 Å². The van der Waals surface area contributed by atoms with Gasteiger partial charge in [-0.15, -0.1) is 0 Å². The molecule has 0 aromatic heterocycles. The standard InChI is InChI=1S/C25H40N2O5/c1-24(2,3)32-23(29)27-15-7-14-25(26,18-28)22(27)17-31-21-12-10-20(11-13-21)30-16-19-8-5-4-6-9-19/h4-6,8-9,20-22,28H,7,10-18,26H2,1-3H3. The number of ether oxygens (including phenoxy) is 3. The SMILES string of the molecule is CC(C)(C)OC(=O)N1CCCC(N)(CO)C1COC1CCC(OCc2ccccc2)CC1. The molecule has 3 rings (SSSR count). The number of carbonyl (C=O) groups excluding carboxylic acids is 1. The molecule has 180 valence electrons. The second-order valence-corrected chi connectivity index (χ2v) is 10.2. The number of hydrogen-bond acceptors (Lipinski definition) is 6. The number of benzene rings is 1. The minimum absolute atomic E-state index is 0.108. The van der Waals surface area contributed by atoms with E-state index >= 15 is 0 Å². The third-order valence-electron chi connectivity index (χ3n) is 6.44. The van der Waals surface area contributed by atoms with Crippen molar-refractivity contribution in [1.82, 2.24) is 4.90 Å². The number of amides is 1. The summed E-state index contributed by atoms with van der Waals surface area (Å²) in [7, 11) is 0. The molecule has 1 saturated carbocycles. The second-order valence-electron chi connectivity index (χ2n) is 10.2. The highest BCUT2D eigenvalue weighted by atomic mass is 16.6. The van der Waals surface area contributed by atoms with Crippen molar-refractivity contribution in [2.24, 2.45) is 5.73 Å². The molecule has 1 saturated heterocycles. The number of carbonyl (C=O) groups is 1. The number of likely N-dealkylation sites (tertiary alicyclic amines) is 1. The molecule has 3 N–H and O–H groups in total. The molecular formula is C25H40N2O5. The maximum absolute atomic E-state index is 12.8. The maximum Gasteiger partial charge on any atom is 0.410 e. The van der Waals surface area contributed by atoms with Gasteiger partial charge in [0.2, 0.25) is 0 Å². The van der Waals surface area contributed by atoms with Crippen LogP contribution in [0.3, 0.4) is 0 Å². The van der Waals surface area contributed by atoms with Crippen LogP contribution in [0, 0.1) is 0 Å². The number of aliphatic hydroxyl groups is 1. The van der Waals surface area contributed by atoms with Crippen LogP contribution < -0.4 is 5.73 Å². The normalized spacial score (nSPS) is 29.0. The lowest BCUT2D eigenvalue weighted by Crippen LogP contribution is -2.67. The monoisotopic (exact) mass is 448 g/mol. The van der Waals surface area contributed by atoms with Crippen LogP contribution in [-0.2, 0) is 20.8 Å². The molecule has 32 heavy (non-hydrogen) atoms. The molecule has 1 aliphatic carbocycles. The molecular weight excluding hydrogens is 408 g/mol. The summed E-state index contributed by atoms with van der Waals surface area (Å²) in [6.07, 6.45) is 5.06. The van der Waals surface area contributed by atoms with E-state index in [1.165, 1.54) is 5.56 Å². The lowest BCUT2D eigenvalue weighted by Gasteiger charge is -2.47. The number of nitrogens with two attached hydrogens (primary N) is 1. The second kappa shape index (κ2) is 11.0. The Bertz CT molecular complexity index is 715. The summed E-state index contributed by atoms with van der Waals surface area (Å²) < 4.78 is 17.9. The van der Waals surface area contributed by atoms with Crippen LogP contribution >= 0.6 is 0 Å². The van der Waals surface area contributed by atoms with Gasteiger partial charge in [0, 0.05) is 6.54 Å². The molecule has 1 aromatic rings. The predicted octanol–water partition coefficient (Wildman–Crippen LogP) is 3.62. The summed E-state index contributed by atoms with van der Waals surface area (Å²) in [5.41, 5.74) is 6.24. The van der Waals surface area contributed by atoms with Crippen molar-refractivity contribution in [3.05, 3.63) is 35.9 Å². The molecule has 2 fully saturated rings. The van der Waals surface area contributed by atoms with Gasteiger partial charge in [0.05, 0.1) is 43.6 Å². The molecule has 0 spiro atoms. The Labute approximate surface area is 192 Å². The van der Waals surface area contributed by atoms with E-state index in [0.29, 0.717) is 26.2 Å². The molecule has 7 heteroatoms. The van der Waals surface area contributed by atoms with Crippen molar-refractivity contribution in [3.63, 3.8) is 0 Å². The van der Waals surface area contributed by atoms with E-state index in [0.717, 1.165) is 32.1 Å². The lowest BCUT2D eigenvalue weighted by atomic mass is 9.83. The summed E-state index contributed by atoms with van der Waals surface area (Å²) in [5.74, 6) is 0. The molecule has 1 aromatic carbocycles. The Morgan fingerprint density at radius 1 is 1.12 bits per heavy atom. The molecule has 2 unspecified atom stereocenters. The highest BCUT2D eigenvalue weighted by Gasteiger charge is 2.45. The molecule has 0 radical (unpaired) electrons. The first-order valence-corrected chi connectivity index (χ1v) is 11.9. The molecule has 2 aliphatic rings. The summed E-state index contributed by atoms with van der Waals surface area (Å²) >= 11 is 0. The van der Waals surface area contributed by atoms with E-state index in [1.54, 1.807) is 4.90 Å². The Hall–Kier alpha value is -1.67. The van der Waals surface area contributed by atoms with Gasteiger partial charge in [-0.2, -0.15) is 0 Å². The highest BCUT2D eigenvalue weighted by Crippen LogP contribution is 2.30. The van der Waals surface area contributed by atoms with E-state index in [2.05, 4.69) is 12.1 Å². The molecule has 1 heterocycles. The zero-order chi connectivity index (χ0) is 23.2. The van der Waals surface area contributed by atoms with E-state index in [1.807, 2.05) is 39.0 Å². The van der Waals surface area contributed by atoms with E-state index in [4.69, 9.17) is 19.9 Å². The van der Waals surface area contributed by atoms with E-state index in [9.17, 15) is 9.90 Å². The van der Waals surface area contributed by atoms with Crippen molar-refractivity contribution in [3.8, 4) is 0 Å². The minimum Gasteiger partial charge on any atom is -0.444 e. The van der Waals surface area contributed by atoms with Crippen molar-refractivity contribution in [1.29, 1.82) is 0 Å². The Morgan fingerprint density at radius 2 is 1.75 bits per heavy atom. The summed E-state index contributed by atoms with van der Waals surface area (Å²) in [6.45, 7) is 6.84. The summed E-state index contributed by atoms with van der Waals surface area (Å²) in [4.78, 5) is 14.5. The third kappa shape index (κ3) is 6.91. The van der Waals surface area contributed by atoms with Gasteiger partial charge in [-0.05, 0) is 64.9 Å². The van der Waals surface area contributed by atoms with Crippen LogP contribution in [0.15, 0.2) is 30.3 Å². The van der Waals surface area contributed by atoms with Crippen LogP contribution in [0.1, 0.15) is 64.9 Å². The Kier molecular flexibility index (Phi) is 8.55. The Morgan fingerprint density at radius 3 is 2.34 bits per heavy atom. The van der Waals surface area contributed by atoms with Gasteiger partial charge in [0.15, 0.2) is 0 Å². The molecule has 1 amide bonds. The quantitative estimate of drug-likeness (QED) is 0.662. The van der Waals surface area contributed by atoms with Crippen LogP contribution in [0.2, 0.25) is 0 Å².